The summed E-state index contributed by atoms with van der Waals surface area (Å²) in [4.78, 5) is 0. The summed E-state index contributed by atoms with van der Waals surface area (Å²) in [5.74, 6) is 0. The standard InChI is InChI=1S/C9H4F6O.2Li/c10-8(11,12)7(16,9(13,14)15)6-4-2-1-3-5-6;;/h1-4H;;/q-2;2*+1. The first-order valence-electron chi connectivity index (χ1n) is 3.92. The molecule has 0 atom stereocenters. The fraction of sp³-hybridized carbons (Fsp3) is 0.333. The van der Waals surface area contributed by atoms with Crippen LogP contribution >= 0.6 is 0 Å². The van der Waals surface area contributed by atoms with E-state index < -0.39 is 23.5 Å². The molecule has 0 unspecified atom stereocenters. The first kappa shape index (κ1) is 20.3. The zero-order chi connectivity index (χ0) is 12.6. The topological polar surface area (TPSA) is 23.1 Å². The molecule has 1 rings (SSSR count). The summed E-state index contributed by atoms with van der Waals surface area (Å²) >= 11 is 0. The average Bonchev–Trinajstić information content (AvgIpc) is 2.14. The number of alkyl halides is 6. The fourth-order valence-electron chi connectivity index (χ4n) is 1.08. The van der Waals surface area contributed by atoms with E-state index in [4.69, 9.17) is 0 Å². The molecule has 0 saturated heterocycles. The van der Waals surface area contributed by atoms with Gasteiger partial charge < -0.3 is 5.11 Å². The Morgan fingerprint density at radius 2 is 1.33 bits per heavy atom. The Bertz CT molecular complexity index is 348. The van der Waals surface area contributed by atoms with Crippen molar-refractivity contribution in [2.45, 2.75) is 18.0 Å². The molecular weight excluding hydrogens is 252 g/mol. The van der Waals surface area contributed by atoms with E-state index in [2.05, 4.69) is 0 Å². The van der Waals surface area contributed by atoms with E-state index in [1.807, 2.05) is 0 Å². The summed E-state index contributed by atoms with van der Waals surface area (Å²) in [6.07, 6.45) is -11.9. The molecular formula is C9H4F6Li2O. The second kappa shape index (κ2) is 6.41. The normalized spacial score (nSPS) is 12.4. The van der Waals surface area contributed by atoms with Crippen LogP contribution in [0.5, 0.6) is 0 Å². The van der Waals surface area contributed by atoms with Crippen LogP contribution in [0.1, 0.15) is 5.56 Å². The first-order valence-corrected chi connectivity index (χ1v) is 3.92. The van der Waals surface area contributed by atoms with E-state index in [-0.39, 0.29) is 37.7 Å². The van der Waals surface area contributed by atoms with Crippen LogP contribution in [0.2, 0.25) is 0 Å². The van der Waals surface area contributed by atoms with Crippen molar-refractivity contribution in [3.63, 3.8) is 0 Å². The third-order valence-corrected chi connectivity index (χ3v) is 1.89. The second-order valence-electron chi connectivity index (χ2n) is 2.95. The molecule has 1 aromatic carbocycles. The maximum Gasteiger partial charge on any atom is 1.00 e. The van der Waals surface area contributed by atoms with Gasteiger partial charge in [-0.05, 0) is 0 Å². The third kappa shape index (κ3) is 3.49. The smallest absolute Gasteiger partial charge is 0.834 e. The van der Waals surface area contributed by atoms with Gasteiger partial charge in [-0.2, -0.15) is 62.2 Å². The summed E-state index contributed by atoms with van der Waals surface area (Å²) < 4.78 is 73.4. The van der Waals surface area contributed by atoms with Crippen molar-refractivity contribution in [3.8, 4) is 0 Å². The van der Waals surface area contributed by atoms with Crippen LogP contribution in [0.3, 0.4) is 0 Å². The quantitative estimate of drug-likeness (QED) is 0.287. The summed E-state index contributed by atoms with van der Waals surface area (Å²) in [6.45, 7) is 0. The average molecular weight is 256 g/mol. The van der Waals surface area contributed by atoms with Gasteiger partial charge in [0, 0.05) is 0 Å². The van der Waals surface area contributed by atoms with Crippen molar-refractivity contribution >= 4 is 0 Å². The van der Waals surface area contributed by atoms with Gasteiger partial charge in [0.1, 0.15) is 0 Å². The van der Waals surface area contributed by atoms with Gasteiger partial charge in [0.2, 0.25) is 0 Å². The summed E-state index contributed by atoms with van der Waals surface area (Å²) in [5, 5.41) is 11.1. The van der Waals surface area contributed by atoms with Gasteiger partial charge in [-0.25, -0.2) is 0 Å². The number of benzene rings is 1. The molecule has 0 amide bonds. The predicted molar refractivity (Wildman–Crippen MR) is 39.1 cm³/mol. The molecule has 90 valence electrons. The first-order chi connectivity index (χ1) is 7.11. The van der Waals surface area contributed by atoms with Gasteiger partial charge >= 0.3 is 50.1 Å². The van der Waals surface area contributed by atoms with E-state index in [0.717, 1.165) is 18.2 Å². The Labute approximate surface area is 123 Å². The molecule has 1 nitrogen and oxygen atoms in total. The van der Waals surface area contributed by atoms with Gasteiger partial charge in [-0.1, -0.05) is 0 Å². The molecule has 0 fully saturated rings. The Kier molecular flexibility index (Phi) is 7.22. The molecule has 0 spiro atoms. The molecule has 0 aliphatic rings. The van der Waals surface area contributed by atoms with Crippen LogP contribution in [-0.4, -0.2) is 12.4 Å². The number of halogens is 6. The van der Waals surface area contributed by atoms with Crippen molar-refractivity contribution in [2.24, 2.45) is 0 Å². The fourth-order valence-corrected chi connectivity index (χ4v) is 1.08. The van der Waals surface area contributed by atoms with E-state index >= 15 is 0 Å². The van der Waals surface area contributed by atoms with Crippen LogP contribution in [0.4, 0.5) is 26.3 Å². The monoisotopic (exact) mass is 256 g/mol. The minimum atomic E-state index is -5.97. The van der Waals surface area contributed by atoms with Crippen LogP contribution < -0.4 is 42.8 Å². The number of rotatable bonds is 1. The minimum absolute atomic E-state index is 0. The van der Waals surface area contributed by atoms with Crippen molar-refractivity contribution in [3.05, 3.63) is 35.9 Å². The molecule has 9 heteroatoms. The second-order valence-corrected chi connectivity index (χ2v) is 2.95. The van der Waals surface area contributed by atoms with Gasteiger partial charge in [0.25, 0.3) is 0 Å². The van der Waals surface area contributed by atoms with Crippen LogP contribution in [0.25, 0.3) is 0 Å². The molecule has 0 bridgehead atoms. The Morgan fingerprint density at radius 3 is 1.61 bits per heavy atom. The molecule has 18 heavy (non-hydrogen) atoms. The van der Waals surface area contributed by atoms with Crippen molar-refractivity contribution < 1.29 is 69.2 Å². The van der Waals surface area contributed by atoms with E-state index in [0.29, 0.717) is 6.07 Å². The molecule has 1 aromatic rings. The predicted octanol–water partition coefficient (Wildman–Crippen LogP) is -3.83. The summed E-state index contributed by atoms with van der Waals surface area (Å²) in [5.41, 5.74) is -6.63. The van der Waals surface area contributed by atoms with Gasteiger partial charge in [0.15, 0.2) is 0 Å². The summed E-state index contributed by atoms with van der Waals surface area (Å²) in [6, 6.07) is 5.02. The maximum atomic E-state index is 12.2. The van der Waals surface area contributed by atoms with Gasteiger partial charge in [-0.3, -0.25) is 0 Å². The molecule has 0 heterocycles. The van der Waals surface area contributed by atoms with Crippen molar-refractivity contribution in [1.29, 1.82) is 0 Å². The maximum absolute atomic E-state index is 12.2. The molecule has 0 saturated carbocycles. The van der Waals surface area contributed by atoms with Gasteiger partial charge in [0.05, 0.1) is 5.60 Å². The largest absolute Gasteiger partial charge is 1.00 e. The van der Waals surface area contributed by atoms with Crippen LogP contribution in [0, 0.1) is 6.07 Å². The molecule has 0 aliphatic heterocycles. The van der Waals surface area contributed by atoms with Crippen LogP contribution in [0.15, 0.2) is 24.3 Å². The Morgan fingerprint density at radius 1 is 0.889 bits per heavy atom. The molecule has 0 aliphatic carbocycles. The van der Waals surface area contributed by atoms with E-state index in [1.165, 1.54) is 0 Å². The van der Waals surface area contributed by atoms with Crippen LogP contribution in [-0.2, 0) is 5.60 Å². The Balaban J connectivity index is 0. The SMILES string of the molecule is [Li+].[Li+].[O-]C(c1[c-]cccc1)(C(F)(F)F)C(F)(F)F. The number of hydrogen-bond donors (Lipinski definition) is 0. The number of hydrogen-bond acceptors (Lipinski definition) is 1. The zero-order valence-electron chi connectivity index (χ0n) is 9.49. The minimum Gasteiger partial charge on any atom is -0.834 e. The summed E-state index contributed by atoms with van der Waals surface area (Å²) in [7, 11) is 0. The zero-order valence-corrected chi connectivity index (χ0v) is 9.49. The van der Waals surface area contributed by atoms with Crippen molar-refractivity contribution in [2.75, 3.05) is 0 Å². The molecule has 0 aromatic heterocycles. The van der Waals surface area contributed by atoms with Gasteiger partial charge in [-0.15, -0.1) is 0 Å². The van der Waals surface area contributed by atoms with E-state index in [9.17, 15) is 31.4 Å². The van der Waals surface area contributed by atoms with Crippen molar-refractivity contribution in [1.82, 2.24) is 0 Å². The third-order valence-electron chi connectivity index (χ3n) is 1.89. The van der Waals surface area contributed by atoms with E-state index in [1.54, 1.807) is 6.07 Å². The molecule has 0 radical (unpaired) electrons. The Hall–Kier alpha value is -0.0452. The molecule has 0 N–H and O–H groups in total.